The Morgan fingerprint density at radius 3 is 3.44 bits per heavy atom. The van der Waals surface area contributed by atoms with Gasteiger partial charge in [0.2, 0.25) is 0 Å². The van der Waals surface area contributed by atoms with Gasteiger partial charge >= 0.3 is 0 Å². The molecule has 0 saturated heterocycles. The summed E-state index contributed by atoms with van der Waals surface area (Å²) in [6.07, 6.45) is 3.19. The summed E-state index contributed by atoms with van der Waals surface area (Å²) < 4.78 is 7.45. The monoisotopic (exact) mass is 123 g/mol. The largest absolute Gasteiger partial charge is 0.479 e. The van der Waals surface area contributed by atoms with Crippen molar-refractivity contribution < 1.29 is 4.74 Å². The number of nitrogens with zero attached hydrogens (tertiary/aromatic N) is 1. The molecular weight excluding hydrogens is 114 g/mol. The Morgan fingerprint density at radius 1 is 1.56 bits per heavy atom. The standard InChI is InChI=1S/C7H9NO/c1-3-7-8(4-1)5-2-6-9-7/h1,3-4H,2,5-6H2. The molecule has 9 heavy (non-hydrogen) atoms. The molecule has 0 radical (unpaired) electrons. The minimum atomic E-state index is 0.879. The lowest BCUT2D eigenvalue weighted by atomic mass is 10.4. The fourth-order valence-electron chi connectivity index (χ4n) is 1.13. The van der Waals surface area contributed by atoms with Gasteiger partial charge < -0.3 is 9.30 Å². The van der Waals surface area contributed by atoms with Crippen molar-refractivity contribution in [3.05, 3.63) is 18.3 Å². The number of hydrogen-bond acceptors (Lipinski definition) is 1. The molecule has 0 atom stereocenters. The van der Waals surface area contributed by atoms with Gasteiger partial charge in [0.25, 0.3) is 0 Å². The van der Waals surface area contributed by atoms with Gasteiger partial charge in [0.1, 0.15) is 0 Å². The van der Waals surface area contributed by atoms with Gasteiger partial charge in [0.15, 0.2) is 5.88 Å². The molecule has 0 saturated carbocycles. The zero-order chi connectivity index (χ0) is 6.10. The maximum atomic E-state index is 5.33. The van der Waals surface area contributed by atoms with E-state index in [0.29, 0.717) is 0 Å². The average Bonchev–Trinajstić information content (AvgIpc) is 2.33. The van der Waals surface area contributed by atoms with Gasteiger partial charge in [0, 0.05) is 12.7 Å². The Hall–Kier alpha value is -0.920. The van der Waals surface area contributed by atoms with Gasteiger partial charge in [-0.05, 0) is 18.6 Å². The van der Waals surface area contributed by atoms with Gasteiger partial charge in [-0.15, -0.1) is 0 Å². The molecule has 0 bridgehead atoms. The van der Waals surface area contributed by atoms with Crippen molar-refractivity contribution in [2.45, 2.75) is 13.0 Å². The highest BCUT2D eigenvalue weighted by Gasteiger charge is 2.05. The lowest BCUT2D eigenvalue weighted by molar-refractivity contribution is 0.241. The minimum Gasteiger partial charge on any atom is -0.479 e. The van der Waals surface area contributed by atoms with Crippen LogP contribution in [0.1, 0.15) is 6.42 Å². The van der Waals surface area contributed by atoms with Crippen LogP contribution >= 0.6 is 0 Å². The van der Waals surface area contributed by atoms with Crippen molar-refractivity contribution in [3.8, 4) is 5.88 Å². The van der Waals surface area contributed by atoms with Crippen molar-refractivity contribution >= 4 is 0 Å². The third-order valence-corrected chi connectivity index (χ3v) is 1.58. The van der Waals surface area contributed by atoms with Crippen LogP contribution < -0.4 is 4.74 Å². The van der Waals surface area contributed by atoms with E-state index < -0.39 is 0 Å². The molecule has 1 aliphatic heterocycles. The Morgan fingerprint density at radius 2 is 2.56 bits per heavy atom. The lowest BCUT2D eigenvalue weighted by Crippen LogP contribution is -2.12. The van der Waals surface area contributed by atoms with Crippen molar-refractivity contribution in [1.82, 2.24) is 4.57 Å². The number of hydrogen-bond donors (Lipinski definition) is 0. The SMILES string of the molecule is c1cc2n(c1)CCCO2. The van der Waals surface area contributed by atoms with Crippen LogP contribution in [0.2, 0.25) is 0 Å². The first kappa shape index (κ1) is 4.91. The summed E-state index contributed by atoms with van der Waals surface area (Å²) in [4.78, 5) is 0. The zero-order valence-corrected chi connectivity index (χ0v) is 5.21. The van der Waals surface area contributed by atoms with Gasteiger partial charge in [0.05, 0.1) is 6.61 Å². The summed E-state index contributed by atoms with van der Waals surface area (Å²) in [5.74, 6) is 1.02. The average molecular weight is 123 g/mol. The molecule has 2 heterocycles. The number of fused-ring (bicyclic) bond motifs is 1. The molecule has 0 aromatic carbocycles. The predicted molar refractivity (Wildman–Crippen MR) is 34.5 cm³/mol. The molecule has 0 N–H and O–H groups in total. The van der Waals surface area contributed by atoms with Crippen molar-refractivity contribution in [2.24, 2.45) is 0 Å². The van der Waals surface area contributed by atoms with E-state index in [1.807, 2.05) is 12.1 Å². The van der Waals surface area contributed by atoms with Gasteiger partial charge in [-0.3, -0.25) is 0 Å². The van der Waals surface area contributed by atoms with Crippen LogP contribution in [0.15, 0.2) is 18.3 Å². The van der Waals surface area contributed by atoms with Crippen molar-refractivity contribution in [3.63, 3.8) is 0 Å². The van der Waals surface area contributed by atoms with Crippen LogP contribution in [0.3, 0.4) is 0 Å². The Balaban J connectivity index is 2.39. The summed E-state index contributed by atoms with van der Waals surface area (Å²) in [7, 11) is 0. The van der Waals surface area contributed by atoms with E-state index >= 15 is 0 Å². The minimum absolute atomic E-state index is 0.879. The molecule has 0 spiro atoms. The second-order valence-electron chi connectivity index (χ2n) is 2.24. The third kappa shape index (κ3) is 0.707. The van der Waals surface area contributed by atoms with Gasteiger partial charge in [-0.25, -0.2) is 0 Å². The first-order chi connectivity index (χ1) is 4.47. The fourth-order valence-corrected chi connectivity index (χ4v) is 1.13. The van der Waals surface area contributed by atoms with E-state index in [1.165, 1.54) is 0 Å². The fraction of sp³-hybridized carbons (Fsp3) is 0.429. The maximum absolute atomic E-state index is 5.33. The summed E-state index contributed by atoms with van der Waals surface area (Å²) in [6.45, 7) is 1.99. The molecule has 2 rings (SSSR count). The highest BCUT2D eigenvalue weighted by Crippen LogP contribution is 2.16. The van der Waals surface area contributed by atoms with Crippen LogP contribution in [-0.4, -0.2) is 11.2 Å². The number of ether oxygens (including phenoxy) is 1. The second-order valence-corrected chi connectivity index (χ2v) is 2.24. The molecule has 2 nitrogen and oxygen atoms in total. The zero-order valence-electron chi connectivity index (χ0n) is 5.21. The topological polar surface area (TPSA) is 14.2 Å². The smallest absolute Gasteiger partial charge is 0.193 e. The van der Waals surface area contributed by atoms with E-state index in [1.54, 1.807) is 0 Å². The van der Waals surface area contributed by atoms with Crippen molar-refractivity contribution in [1.29, 1.82) is 0 Å². The summed E-state index contributed by atoms with van der Waals surface area (Å²) >= 11 is 0. The van der Waals surface area contributed by atoms with Crippen molar-refractivity contribution in [2.75, 3.05) is 6.61 Å². The number of aromatic nitrogens is 1. The number of aryl methyl sites for hydroxylation is 1. The molecular formula is C7H9NO. The third-order valence-electron chi connectivity index (χ3n) is 1.58. The highest BCUT2D eigenvalue weighted by molar-refractivity contribution is 5.14. The van der Waals surface area contributed by atoms with Crippen LogP contribution in [0, 0.1) is 0 Å². The van der Waals surface area contributed by atoms with E-state index in [9.17, 15) is 0 Å². The van der Waals surface area contributed by atoms with Crippen LogP contribution in [0.4, 0.5) is 0 Å². The van der Waals surface area contributed by atoms with E-state index in [0.717, 1.165) is 25.5 Å². The summed E-state index contributed by atoms with van der Waals surface area (Å²) in [6, 6.07) is 4.01. The first-order valence-corrected chi connectivity index (χ1v) is 3.25. The van der Waals surface area contributed by atoms with Crippen LogP contribution in [-0.2, 0) is 6.54 Å². The molecule has 0 aliphatic carbocycles. The van der Waals surface area contributed by atoms with Gasteiger partial charge in [-0.1, -0.05) is 0 Å². The Bertz CT molecular complexity index is 184. The molecule has 0 unspecified atom stereocenters. The maximum Gasteiger partial charge on any atom is 0.193 e. The molecule has 0 amide bonds. The normalized spacial score (nSPS) is 16.4. The molecule has 48 valence electrons. The second kappa shape index (κ2) is 1.79. The lowest BCUT2D eigenvalue weighted by Gasteiger charge is -2.15. The van der Waals surface area contributed by atoms with E-state index in [4.69, 9.17) is 4.74 Å². The molecule has 1 aromatic rings. The molecule has 1 aliphatic rings. The molecule has 2 heteroatoms. The van der Waals surface area contributed by atoms with Crippen LogP contribution in [0.5, 0.6) is 5.88 Å². The molecule has 1 aromatic heterocycles. The van der Waals surface area contributed by atoms with E-state index in [2.05, 4.69) is 10.8 Å². The highest BCUT2D eigenvalue weighted by atomic mass is 16.5. The Labute approximate surface area is 54.1 Å². The summed E-state index contributed by atoms with van der Waals surface area (Å²) in [5.41, 5.74) is 0. The number of rotatable bonds is 0. The Kier molecular flexibility index (Phi) is 0.979. The predicted octanol–water partition coefficient (Wildman–Crippen LogP) is 1.27. The van der Waals surface area contributed by atoms with Gasteiger partial charge in [-0.2, -0.15) is 0 Å². The molecule has 0 fully saturated rings. The van der Waals surface area contributed by atoms with E-state index in [-0.39, 0.29) is 0 Å². The first-order valence-electron chi connectivity index (χ1n) is 3.25. The quantitative estimate of drug-likeness (QED) is 0.506. The summed E-state index contributed by atoms with van der Waals surface area (Å²) in [5, 5.41) is 0. The van der Waals surface area contributed by atoms with Crippen LogP contribution in [0.25, 0.3) is 0 Å².